The number of nitrogens with zero attached hydrogens (tertiary/aromatic N) is 4. The van der Waals surface area contributed by atoms with Gasteiger partial charge in [-0.15, -0.1) is 0 Å². The lowest BCUT2D eigenvalue weighted by Gasteiger charge is -2.30. The van der Waals surface area contributed by atoms with Gasteiger partial charge in [-0.2, -0.15) is 0 Å². The molecule has 0 saturated heterocycles. The van der Waals surface area contributed by atoms with E-state index in [1.54, 1.807) is 28.4 Å². The summed E-state index contributed by atoms with van der Waals surface area (Å²) in [6.45, 7) is 0. The summed E-state index contributed by atoms with van der Waals surface area (Å²) in [4.78, 5) is 16.9. The Morgan fingerprint density at radius 1 is 0.482 bits per heavy atom. The van der Waals surface area contributed by atoms with E-state index in [1.807, 2.05) is 150 Å². The van der Waals surface area contributed by atoms with Gasteiger partial charge < -0.3 is 18.9 Å². The monoisotopic (exact) mass is 778 g/mol. The zero-order chi connectivity index (χ0) is 38.8. The number of aromatic nitrogens is 2. The molecule has 1 aliphatic heterocycles. The standard InChI is InChI=1S/C46H36Cl2N4O4/c1-53-33-17-9-13-29(25-33)41-42(30-14-10-18-34(26-30)54-2)51-46(50-41,38-22-6-8-24-40(38)48)52-44(32-16-12-20-36(28-32)56-4)43(31-15-11-19-35(27-31)55-3)49-45(52)37-21-5-7-23-39(37)47/h5-28H,1-4H3. The highest BCUT2D eigenvalue weighted by molar-refractivity contribution is 6.54. The van der Waals surface area contributed by atoms with E-state index < -0.39 is 5.79 Å². The van der Waals surface area contributed by atoms with Crippen LogP contribution in [0.3, 0.4) is 0 Å². The number of halogens is 2. The number of hydrogen-bond donors (Lipinski definition) is 0. The van der Waals surface area contributed by atoms with Crippen molar-refractivity contribution in [1.82, 2.24) is 9.55 Å². The fourth-order valence-corrected chi connectivity index (χ4v) is 7.50. The number of methoxy groups -OCH3 is 4. The van der Waals surface area contributed by atoms with E-state index in [0.29, 0.717) is 72.8 Å². The molecule has 1 aromatic heterocycles. The lowest BCUT2D eigenvalue weighted by molar-refractivity contribution is 0.407. The van der Waals surface area contributed by atoms with Crippen molar-refractivity contribution in [2.75, 3.05) is 28.4 Å². The molecule has 8 rings (SSSR count). The van der Waals surface area contributed by atoms with E-state index in [4.69, 9.17) is 57.1 Å². The average Bonchev–Trinajstić information content (AvgIpc) is 3.85. The molecule has 1 aliphatic rings. The zero-order valence-corrected chi connectivity index (χ0v) is 32.5. The lowest BCUT2D eigenvalue weighted by atomic mass is 10.00. The zero-order valence-electron chi connectivity index (χ0n) is 31.0. The summed E-state index contributed by atoms with van der Waals surface area (Å²) >= 11 is 14.4. The third-order valence-corrected chi connectivity index (χ3v) is 10.3. The van der Waals surface area contributed by atoms with Crippen LogP contribution < -0.4 is 18.9 Å². The Morgan fingerprint density at radius 2 is 0.929 bits per heavy atom. The maximum atomic E-state index is 7.29. The Balaban J connectivity index is 1.59. The Bertz CT molecular complexity index is 2590. The quantitative estimate of drug-likeness (QED) is 0.131. The van der Waals surface area contributed by atoms with Gasteiger partial charge in [0.2, 0.25) is 0 Å². The first-order chi connectivity index (χ1) is 27.4. The van der Waals surface area contributed by atoms with E-state index >= 15 is 0 Å². The molecule has 0 fully saturated rings. The largest absolute Gasteiger partial charge is 0.497 e. The topological polar surface area (TPSA) is 79.5 Å². The van der Waals surface area contributed by atoms with Crippen molar-refractivity contribution in [1.29, 1.82) is 0 Å². The molecule has 56 heavy (non-hydrogen) atoms. The molecule has 0 spiro atoms. The van der Waals surface area contributed by atoms with Gasteiger partial charge in [0, 0.05) is 33.4 Å². The van der Waals surface area contributed by atoms with Crippen LogP contribution in [0.25, 0.3) is 33.9 Å². The van der Waals surface area contributed by atoms with Gasteiger partial charge in [0.15, 0.2) is 0 Å². The van der Waals surface area contributed by atoms with Crippen LogP contribution in [-0.4, -0.2) is 49.4 Å². The summed E-state index contributed by atoms with van der Waals surface area (Å²) < 4.78 is 25.0. The van der Waals surface area contributed by atoms with Crippen molar-refractivity contribution in [3.8, 4) is 56.9 Å². The van der Waals surface area contributed by atoms with Gasteiger partial charge in [-0.05, 0) is 66.7 Å². The highest BCUT2D eigenvalue weighted by Crippen LogP contribution is 2.49. The molecular weight excluding hydrogens is 743 g/mol. The van der Waals surface area contributed by atoms with Crippen LogP contribution in [0, 0.1) is 0 Å². The third kappa shape index (κ3) is 6.57. The van der Waals surface area contributed by atoms with Crippen molar-refractivity contribution in [3.05, 3.63) is 172 Å². The maximum Gasteiger partial charge on any atom is 0.263 e. The summed E-state index contributed by atoms with van der Waals surface area (Å²) in [7, 11) is 6.57. The molecule has 0 radical (unpaired) electrons. The van der Waals surface area contributed by atoms with Crippen LogP contribution in [0.1, 0.15) is 16.7 Å². The lowest BCUT2D eigenvalue weighted by Crippen LogP contribution is -2.31. The van der Waals surface area contributed by atoms with Gasteiger partial charge in [0.1, 0.15) is 28.8 Å². The van der Waals surface area contributed by atoms with Crippen LogP contribution in [0.4, 0.5) is 0 Å². The summed E-state index contributed by atoms with van der Waals surface area (Å²) in [5, 5.41) is 0.949. The molecule has 0 saturated carbocycles. The summed E-state index contributed by atoms with van der Waals surface area (Å²) in [5.41, 5.74) is 7.00. The fraction of sp³-hybridized carbons (Fsp3) is 0.109. The van der Waals surface area contributed by atoms with E-state index in [1.165, 1.54) is 0 Å². The number of benzene rings is 6. The maximum absolute atomic E-state index is 7.29. The fourth-order valence-electron chi connectivity index (χ4n) is 7.02. The molecule has 10 heteroatoms. The van der Waals surface area contributed by atoms with Gasteiger partial charge in [0.05, 0.1) is 61.3 Å². The third-order valence-electron chi connectivity index (χ3n) is 9.67. The van der Waals surface area contributed by atoms with Crippen molar-refractivity contribution in [2.45, 2.75) is 5.79 Å². The number of imidazole rings is 1. The Hall–Kier alpha value is -6.35. The Labute approximate surface area is 335 Å². The van der Waals surface area contributed by atoms with E-state index in [-0.39, 0.29) is 0 Å². The van der Waals surface area contributed by atoms with Crippen LogP contribution in [0.15, 0.2) is 156 Å². The second-order valence-electron chi connectivity index (χ2n) is 12.9. The van der Waals surface area contributed by atoms with E-state index in [0.717, 1.165) is 22.3 Å². The second kappa shape index (κ2) is 15.4. The summed E-state index contributed by atoms with van der Waals surface area (Å²) in [6.07, 6.45) is 0. The first-order valence-corrected chi connectivity index (χ1v) is 18.5. The van der Waals surface area contributed by atoms with Crippen LogP contribution >= 0.6 is 23.2 Å². The van der Waals surface area contributed by atoms with Crippen LogP contribution in [-0.2, 0) is 5.79 Å². The number of rotatable bonds is 11. The van der Waals surface area contributed by atoms with Gasteiger partial charge in [-0.25, -0.2) is 15.0 Å². The summed E-state index contributed by atoms with van der Waals surface area (Å²) in [6, 6.07) is 46.4. The minimum Gasteiger partial charge on any atom is -0.497 e. The second-order valence-corrected chi connectivity index (χ2v) is 13.7. The normalized spacial score (nSPS) is 13.2. The molecule has 0 aliphatic carbocycles. The molecule has 8 nitrogen and oxygen atoms in total. The molecule has 0 bridgehead atoms. The predicted molar refractivity (Wildman–Crippen MR) is 224 cm³/mol. The predicted octanol–water partition coefficient (Wildman–Crippen LogP) is 10.9. The molecule has 0 atom stereocenters. The minimum atomic E-state index is -1.59. The molecule has 2 heterocycles. The molecule has 7 aromatic rings. The first-order valence-electron chi connectivity index (χ1n) is 17.8. The van der Waals surface area contributed by atoms with Crippen LogP contribution in [0.5, 0.6) is 23.0 Å². The molecule has 0 N–H and O–H groups in total. The van der Waals surface area contributed by atoms with Crippen molar-refractivity contribution in [3.63, 3.8) is 0 Å². The average molecular weight is 780 g/mol. The van der Waals surface area contributed by atoms with Gasteiger partial charge in [-0.1, -0.05) is 102 Å². The molecule has 278 valence electrons. The molecule has 0 unspecified atom stereocenters. The van der Waals surface area contributed by atoms with Crippen LogP contribution in [0.2, 0.25) is 10.0 Å². The Kier molecular flexibility index (Phi) is 10.1. The van der Waals surface area contributed by atoms with Crippen molar-refractivity contribution in [2.24, 2.45) is 9.98 Å². The molecule has 0 amide bonds. The van der Waals surface area contributed by atoms with Crippen molar-refractivity contribution < 1.29 is 18.9 Å². The Morgan fingerprint density at radius 3 is 1.45 bits per heavy atom. The summed E-state index contributed by atoms with van der Waals surface area (Å²) in [5.74, 6) is 1.59. The smallest absolute Gasteiger partial charge is 0.263 e. The SMILES string of the molecule is COc1cccc(C2=NC(c3ccccc3Cl)(n3c(-c4ccccc4Cl)nc(-c4cccc(OC)c4)c3-c3cccc(OC)c3)N=C2c2cccc(OC)c2)c1. The van der Waals surface area contributed by atoms with E-state index in [9.17, 15) is 0 Å². The number of ether oxygens (including phenoxy) is 4. The van der Waals surface area contributed by atoms with Crippen molar-refractivity contribution >= 4 is 34.6 Å². The van der Waals surface area contributed by atoms with Gasteiger partial charge in [0.25, 0.3) is 5.79 Å². The first kappa shape index (κ1) is 36.6. The highest BCUT2D eigenvalue weighted by atomic mass is 35.5. The highest BCUT2D eigenvalue weighted by Gasteiger charge is 2.46. The molecule has 6 aromatic carbocycles. The van der Waals surface area contributed by atoms with E-state index in [2.05, 4.69) is 0 Å². The minimum absolute atomic E-state index is 0.454. The van der Waals surface area contributed by atoms with Gasteiger partial charge in [-0.3, -0.25) is 4.57 Å². The number of aliphatic imine (C=N–C) groups is 2. The number of hydrogen-bond acceptors (Lipinski definition) is 7. The molecular formula is C46H36Cl2N4O4. The van der Waals surface area contributed by atoms with Gasteiger partial charge >= 0.3 is 0 Å².